The zero-order valence-electron chi connectivity index (χ0n) is 12.1. The summed E-state index contributed by atoms with van der Waals surface area (Å²) in [6.45, 7) is 2.43. The zero-order chi connectivity index (χ0) is 15.9. The van der Waals surface area contributed by atoms with Crippen LogP contribution in [0.4, 0.5) is 5.69 Å². The highest BCUT2D eigenvalue weighted by Crippen LogP contribution is 2.48. The fourth-order valence-electron chi connectivity index (χ4n) is 3.40. The number of phenols is 1. The number of piperidine rings is 1. The molecular formula is C15H18Cl2N2O3. The summed E-state index contributed by atoms with van der Waals surface area (Å²) in [5, 5.41) is 19.7. The van der Waals surface area contributed by atoms with Gasteiger partial charge in [-0.05, 0) is 18.6 Å². The maximum Gasteiger partial charge on any atom is 0.223 e. The van der Waals surface area contributed by atoms with Gasteiger partial charge in [0.25, 0.3) is 0 Å². The SMILES string of the molecule is O=C1CC2(CCN1CCO)CN(c1c(O)ccc(Cl)c1Cl)C2. The van der Waals surface area contributed by atoms with Crippen molar-refractivity contribution in [3.8, 4) is 5.75 Å². The number of β-amino-alcohol motifs (C(OH)–C–C–N with tert-alkyl or cyclic N) is 1. The number of hydrogen-bond donors (Lipinski definition) is 2. The van der Waals surface area contributed by atoms with E-state index in [4.69, 9.17) is 28.3 Å². The predicted octanol–water partition coefficient (Wildman–Crippen LogP) is 2.12. The molecule has 0 aromatic heterocycles. The summed E-state index contributed by atoms with van der Waals surface area (Å²) in [7, 11) is 0. The van der Waals surface area contributed by atoms with Crippen molar-refractivity contribution < 1.29 is 15.0 Å². The number of benzene rings is 1. The van der Waals surface area contributed by atoms with Crippen LogP contribution in [-0.2, 0) is 4.79 Å². The van der Waals surface area contributed by atoms with Gasteiger partial charge in [0, 0.05) is 38.0 Å². The first kappa shape index (κ1) is 15.7. The first-order chi connectivity index (χ1) is 10.5. The molecule has 1 spiro atoms. The average molecular weight is 345 g/mol. The van der Waals surface area contributed by atoms with Crippen molar-refractivity contribution >= 4 is 34.8 Å². The van der Waals surface area contributed by atoms with Crippen molar-refractivity contribution in [2.24, 2.45) is 5.41 Å². The topological polar surface area (TPSA) is 64.0 Å². The van der Waals surface area contributed by atoms with E-state index in [0.717, 1.165) is 6.42 Å². The maximum absolute atomic E-state index is 12.1. The van der Waals surface area contributed by atoms with Crippen LogP contribution in [0.2, 0.25) is 10.0 Å². The number of aliphatic hydroxyl groups is 1. The molecule has 2 fully saturated rings. The van der Waals surface area contributed by atoms with Crippen molar-refractivity contribution in [1.29, 1.82) is 0 Å². The molecule has 0 radical (unpaired) electrons. The minimum absolute atomic E-state index is 0.00312. The molecule has 0 saturated carbocycles. The first-order valence-electron chi connectivity index (χ1n) is 7.26. The van der Waals surface area contributed by atoms with Gasteiger partial charge in [-0.15, -0.1) is 0 Å². The number of carbonyl (C=O) groups is 1. The minimum Gasteiger partial charge on any atom is -0.506 e. The second kappa shape index (κ2) is 5.80. The van der Waals surface area contributed by atoms with Gasteiger partial charge in [0.1, 0.15) is 5.75 Å². The van der Waals surface area contributed by atoms with Gasteiger partial charge in [-0.3, -0.25) is 4.79 Å². The molecule has 2 N–H and O–H groups in total. The molecule has 5 nitrogen and oxygen atoms in total. The van der Waals surface area contributed by atoms with Gasteiger partial charge in [0.15, 0.2) is 0 Å². The molecule has 0 aliphatic carbocycles. The summed E-state index contributed by atoms with van der Waals surface area (Å²) in [4.78, 5) is 15.8. The van der Waals surface area contributed by atoms with Gasteiger partial charge in [0.05, 0.1) is 22.3 Å². The number of rotatable bonds is 3. The Hall–Kier alpha value is -1.17. The van der Waals surface area contributed by atoms with Crippen LogP contribution in [-0.4, -0.2) is 53.8 Å². The Morgan fingerprint density at radius 1 is 1.27 bits per heavy atom. The van der Waals surface area contributed by atoms with Gasteiger partial charge in [-0.2, -0.15) is 0 Å². The van der Waals surface area contributed by atoms with Crippen molar-refractivity contribution in [2.75, 3.05) is 37.7 Å². The summed E-state index contributed by atoms with van der Waals surface area (Å²) >= 11 is 12.2. The van der Waals surface area contributed by atoms with E-state index < -0.39 is 0 Å². The molecule has 2 aliphatic rings. The lowest BCUT2D eigenvalue weighted by atomic mass is 9.71. The van der Waals surface area contributed by atoms with Gasteiger partial charge in [-0.1, -0.05) is 23.2 Å². The smallest absolute Gasteiger partial charge is 0.223 e. The van der Waals surface area contributed by atoms with Crippen LogP contribution in [0.1, 0.15) is 12.8 Å². The van der Waals surface area contributed by atoms with Crippen LogP contribution in [0.5, 0.6) is 5.75 Å². The number of hydrogen-bond acceptors (Lipinski definition) is 4. The number of anilines is 1. The Bertz CT molecular complexity index is 603. The standard InChI is InChI=1S/C15H18Cl2N2O3/c16-10-1-2-11(21)14(13(10)17)19-8-15(9-19)3-4-18(5-6-20)12(22)7-15/h1-2,20-21H,3-9H2. The van der Waals surface area contributed by atoms with Crippen LogP contribution >= 0.6 is 23.2 Å². The number of halogens is 2. The molecule has 0 bridgehead atoms. The van der Waals surface area contributed by atoms with Crippen LogP contribution in [0.3, 0.4) is 0 Å². The van der Waals surface area contributed by atoms with Crippen molar-refractivity contribution in [1.82, 2.24) is 4.90 Å². The van der Waals surface area contributed by atoms with Crippen molar-refractivity contribution in [3.05, 3.63) is 22.2 Å². The lowest BCUT2D eigenvalue weighted by Gasteiger charge is -2.54. The fraction of sp³-hybridized carbons (Fsp3) is 0.533. The number of carbonyl (C=O) groups excluding carboxylic acids is 1. The molecule has 22 heavy (non-hydrogen) atoms. The Morgan fingerprint density at radius 2 is 2.00 bits per heavy atom. The third-order valence-electron chi connectivity index (χ3n) is 4.58. The summed E-state index contributed by atoms with van der Waals surface area (Å²) in [5.41, 5.74) is 0.492. The lowest BCUT2D eigenvalue weighted by molar-refractivity contribution is -0.139. The van der Waals surface area contributed by atoms with Gasteiger partial charge < -0.3 is 20.0 Å². The maximum atomic E-state index is 12.1. The average Bonchev–Trinajstić information content (AvgIpc) is 2.44. The molecule has 120 valence electrons. The second-order valence-corrected chi connectivity index (χ2v) is 6.90. The van der Waals surface area contributed by atoms with E-state index in [2.05, 4.69) is 0 Å². The highest BCUT2D eigenvalue weighted by Gasteiger charge is 2.48. The summed E-state index contributed by atoms with van der Waals surface area (Å²) in [6, 6.07) is 3.10. The predicted molar refractivity (Wildman–Crippen MR) is 85.7 cm³/mol. The quantitative estimate of drug-likeness (QED) is 0.881. The van der Waals surface area contributed by atoms with Gasteiger partial charge >= 0.3 is 0 Å². The number of aromatic hydroxyl groups is 1. The van der Waals surface area contributed by atoms with E-state index in [1.54, 1.807) is 11.0 Å². The van der Waals surface area contributed by atoms with Crippen LogP contribution < -0.4 is 4.90 Å². The monoisotopic (exact) mass is 344 g/mol. The van der Waals surface area contributed by atoms with E-state index in [0.29, 0.717) is 48.3 Å². The highest BCUT2D eigenvalue weighted by atomic mass is 35.5. The molecular weight excluding hydrogens is 327 g/mol. The van der Waals surface area contributed by atoms with Gasteiger partial charge in [-0.25, -0.2) is 0 Å². The molecule has 0 unspecified atom stereocenters. The molecule has 2 aliphatic heterocycles. The van der Waals surface area contributed by atoms with E-state index in [1.807, 2.05) is 4.90 Å². The van der Waals surface area contributed by atoms with Crippen LogP contribution in [0, 0.1) is 5.41 Å². The highest BCUT2D eigenvalue weighted by molar-refractivity contribution is 6.44. The fourth-order valence-corrected chi connectivity index (χ4v) is 3.83. The van der Waals surface area contributed by atoms with E-state index in [1.165, 1.54) is 6.07 Å². The Kier molecular flexibility index (Phi) is 4.14. The number of likely N-dealkylation sites (tertiary alicyclic amines) is 1. The second-order valence-electron chi connectivity index (χ2n) is 6.12. The van der Waals surface area contributed by atoms with E-state index >= 15 is 0 Å². The number of phenolic OH excluding ortho intramolecular Hbond substituents is 1. The molecule has 0 atom stereocenters. The summed E-state index contributed by atoms with van der Waals surface area (Å²) < 4.78 is 0. The Labute approximate surface area is 139 Å². The first-order valence-corrected chi connectivity index (χ1v) is 8.02. The Morgan fingerprint density at radius 3 is 2.64 bits per heavy atom. The molecule has 7 heteroatoms. The summed E-state index contributed by atoms with van der Waals surface area (Å²) in [5.74, 6) is 0.189. The minimum atomic E-state index is -0.0544. The third kappa shape index (κ3) is 2.62. The van der Waals surface area contributed by atoms with E-state index in [-0.39, 0.29) is 23.7 Å². The van der Waals surface area contributed by atoms with E-state index in [9.17, 15) is 9.90 Å². The number of amides is 1. The largest absolute Gasteiger partial charge is 0.506 e. The molecule has 2 heterocycles. The van der Waals surface area contributed by atoms with Crippen molar-refractivity contribution in [3.63, 3.8) is 0 Å². The third-order valence-corrected chi connectivity index (χ3v) is 5.37. The molecule has 1 aromatic carbocycles. The molecule has 1 amide bonds. The van der Waals surface area contributed by atoms with Crippen molar-refractivity contribution in [2.45, 2.75) is 12.8 Å². The zero-order valence-corrected chi connectivity index (χ0v) is 13.6. The molecule has 2 saturated heterocycles. The molecule has 1 aromatic rings. The Balaban J connectivity index is 1.70. The van der Waals surface area contributed by atoms with Crippen LogP contribution in [0.25, 0.3) is 0 Å². The lowest BCUT2D eigenvalue weighted by Crippen LogP contribution is -2.62. The number of nitrogens with zero attached hydrogens (tertiary/aromatic N) is 2. The summed E-state index contributed by atoms with van der Waals surface area (Å²) in [6.07, 6.45) is 1.37. The van der Waals surface area contributed by atoms with Gasteiger partial charge in [0.2, 0.25) is 5.91 Å². The number of aliphatic hydroxyl groups excluding tert-OH is 1. The van der Waals surface area contributed by atoms with Crippen LogP contribution in [0.15, 0.2) is 12.1 Å². The molecule has 3 rings (SSSR count). The normalized spacial score (nSPS) is 20.4.